The fraction of sp³-hybridized carbons (Fsp3) is 0.176. The molecule has 0 bridgehead atoms. The van der Waals surface area contributed by atoms with Gasteiger partial charge in [-0.1, -0.05) is 35.5 Å². The van der Waals surface area contributed by atoms with Gasteiger partial charge in [-0.05, 0) is 37.6 Å². The van der Waals surface area contributed by atoms with Crippen LogP contribution in [-0.2, 0) is 0 Å². The minimum absolute atomic E-state index is 0.325. The van der Waals surface area contributed by atoms with Crippen molar-refractivity contribution < 1.29 is 0 Å². The number of pyridine rings is 1. The third-order valence-corrected chi connectivity index (χ3v) is 4.18. The highest BCUT2D eigenvalue weighted by atomic mass is 32.2. The Labute approximate surface area is 139 Å². The summed E-state index contributed by atoms with van der Waals surface area (Å²) in [6, 6.07) is 14.1. The molecule has 0 amide bonds. The minimum Gasteiger partial charge on any atom is -0.268 e. The van der Waals surface area contributed by atoms with Crippen LogP contribution in [0.25, 0.3) is 17.2 Å². The van der Waals surface area contributed by atoms with Gasteiger partial charge in [0.2, 0.25) is 0 Å². The summed E-state index contributed by atoms with van der Waals surface area (Å²) in [6.45, 7) is 4.12. The lowest BCUT2D eigenvalue weighted by molar-refractivity contribution is 0.880. The smallest absolute Gasteiger partial charge is 0.197 e. The molecule has 0 aliphatic rings. The summed E-state index contributed by atoms with van der Waals surface area (Å²) in [5, 5.41) is 18.1. The minimum atomic E-state index is 0.325. The molecule has 3 rings (SSSR count). The molecule has 1 aromatic carbocycles. The molecule has 0 fully saturated rings. The SMILES string of the molecule is Cc1ccc(-n2c(SCC#N)nnc2-c2ccccn2)c(C)c1. The van der Waals surface area contributed by atoms with Crippen LogP contribution in [-0.4, -0.2) is 25.5 Å². The lowest BCUT2D eigenvalue weighted by atomic mass is 10.1. The van der Waals surface area contributed by atoms with Gasteiger partial charge < -0.3 is 0 Å². The highest BCUT2D eigenvalue weighted by molar-refractivity contribution is 7.99. The van der Waals surface area contributed by atoms with E-state index < -0.39 is 0 Å². The maximum Gasteiger partial charge on any atom is 0.197 e. The van der Waals surface area contributed by atoms with Crippen LogP contribution < -0.4 is 0 Å². The number of benzene rings is 1. The van der Waals surface area contributed by atoms with E-state index in [4.69, 9.17) is 5.26 Å². The molecule has 2 heterocycles. The van der Waals surface area contributed by atoms with Gasteiger partial charge in [-0.15, -0.1) is 10.2 Å². The van der Waals surface area contributed by atoms with Crippen LogP contribution in [0.2, 0.25) is 0 Å². The lowest BCUT2D eigenvalue weighted by Crippen LogP contribution is -2.03. The first-order chi connectivity index (χ1) is 11.2. The lowest BCUT2D eigenvalue weighted by Gasteiger charge is -2.12. The number of aromatic nitrogens is 4. The molecule has 23 heavy (non-hydrogen) atoms. The van der Waals surface area contributed by atoms with Crippen LogP contribution in [0.15, 0.2) is 47.8 Å². The summed E-state index contributed by atoms with van der Waals surface area (Å²) >= 11 is 1.37. The second kappa shape index (κ2) is 6.63. The first kappa shape index (κ1) is 15.3. The summed E-state index contributed by atoms with van der Waals surface area (Å²) in [7, 11) is 0. The molecule has 6 heteroatoms. The first-order valence-electron chi connectivity index (χ1n) is 7.15. The monoisotopic (exact) mass is 321 g/mol. The zero-order chi connectivity index (χ0) is 16.2. The third kappa shape index (κ3) is 3.10. The summed E-state index contributed by atoms with van der Waals surface area (Å²) in [6.07, 6.45) is 1.73. The molecule has 0 radical (unpaired) electrons. The van der Waals surface area contributed by atoms with E-state index in [1.54, 1.807) is 6.20 Å². The Kier molecular flexibility index (Phi) is 4.40. The van der Waals surface area contributed by atoms with E-state index >= 15 is 0 Å². The molecule has 0 spiro atoms. The predicted molar refractivity (Wildman–Crippen MR) is 90.4 cm³/mol. The van der Waals surface area contributed by atoms with Crippen LogP contribution in [0.1, 0.15) is 11.1 Å². The van der Waals surface area contributed by atoms with Crippen molar-refractivity contribution in [2.45, 2.75) is 19.0 Å². The van der Waals surface area contributed by atoms with Crippen molar-refractivity contribution in [3.8, 4) is 23.3 Å². The van der Waals surface area contributed by atoms with E-state index in [9.17, 15) is 0 Å². The largest absolute Gasteiger partial charge is 0.268 e. The fourth-order valence-electron chi connectivity index (χ4n) is 2.39. The van der Waals surface area contributed by atoms with Crippen LogP contribution in [0, 0.1) is 25.2 Å². The van der Waals surface area contributed by atoms with Crippen molar-refractivity contribution in [3.63, 3.8) is 0 Å². The number of rotatable bonds is 4. The highest BCUT2D eigenvalue weighted by Crippen LogP contribution is 2.28. The zero-order valence-electron chi connectivity index (χ0n) is 12.9. The molecule has 2 aromatic heterocycles. The van der Waals surface area contributed by atoms with Crippen LogP contribution in [0.5, 0.6) is 0 Å². The molecule has 0 saturated carbocycles. The molecule has 3 aromatic rings. The molecular weight excluding hydrogens is 306 g/mol. The Hall–Kier alpha value is -2.65. The number of nitriles is 1. The Bertz CT molecular complexity index is 864. The van der Waals surface area contributed by atoms with Crippen molar-refractivity contribution in [2.24, 2.45) is 0 Å². The molecular formula is C17H15N5S. The van der Waals surface area contributed by atoms with Gasteiger partial charge in [-0.2, -0.15) is 5.26 Å². The van der Waals surface area contributed by atoms with Crippen molar-refractivity contribution >= 4 is 11.8 Å². The van der Waals surface area contributed by atoms with Crippen LogP contribution in [0.4, 0.5) is 0 Å². The van der Waals surface area contributed by atoms with Crippen molar-refractivity contribution in [1.82, 2.24) is 19.7 Å². The summed E-state index contributed by atoms with van der Waals surface area (Å²) < 4.78 is 1.97. The summed E-state index contributed by atoms with van der Waals surface area (Å²) in [5.41, 5.74) is 4.08. The molecule has 0 unspecified atom stereocenters. The van der Waals surface area contributed by atoms with Gasteiger partial charge in [-0.3, -0.25) is 9.55 Å². The third-order valence-electron chi connectivity index (χ3n) is 3.39. The van der Waals surface area contributed by atoms with E-state index in [0.29, 0.717) is 16.7 Å². The second-order valence-corrected chi connectivity index (χ2v) is 6.04. The van der Waals surface area contributed by atoms with Crippen LogP contribution >= 0.6 is 11.8 Å². The number of aryl methyl sites for hydroxylation is 2. The number of nitrogens with zero attached hydrogens (tertiary/aromatic N) is 5. The zero-order valence-corrected chi connectivity index (χ0v) is 13.7. The molecule has 114 valence electrons. The molecule has 0 atom stereocenters. The normalized spacial score (nSPS) is 10.5. The number of thioether (sulfide) groups is 1. The van der Waals surface area contributed by atoms with Crippen LogP contribution in [0.3, 0.4) is 0 Å². The van der Waals surface area contributed by atoms with Gasteiger partial charge in [0.1, 0.15) is 5.69 Å². The van der Waals surface area contributed by atoms with E-state index in [2.05, 4.69) is 53.3 Å². The summed E-state index contributed by atoms with van der Waals surface area (Å²) in [4.78, 5) is 4.38. The van der Waals surface area contributed by atoms with Crippen molar-refractivity contribution in [1.29, 1.82) is 5.26 Å². The van der Waals surface area contributed by atoms with Gasteiger partial charge in [0.25, 0.3) is 0 Å². The maximum atomic E-state index is 8.86. The van der Waals surface area contributed by atoms with E-state index in [-0.39, 0.29) is 0 Å². The maximum absolute atomic E-state index is 8.86. The van der Waals surface area contributed by atoms with Gasteiger partial charge in [0, 0.05) is 6.20 Å². The molecule has 0 N–H and O–H groups in total. The van der Waals surface area contributed by atoms with E-state index in [1.165, 1.54) is 17.3 Å². The molecule has 0 aliphatic heterocycles. The average Bonchev–Trinajstić information content (AvgIpc) is 2.97. The standard InChI is InChI=1S/C17H15N5S/c1-12-6-7-15(13(2)11-12)22-16(14-5-3-4-9-19-14)20-21-17(22)23-10-8-18/h3-7,9,11H,10H2,1-2H3. The highest BCUT2D eigenvalue weighted by Gasteiger charge is 2.18. The van der Waals surface area contributed by atoms with E-state index in [1.807, 2.05) is 22.8 Å². The topological polar surface area (TPSA) is 67.4 Å². The molecule has 0 saturated heterocycles. The average molecular weight is 321 g/mol. The second-order valence-electron chi connectivity index (χ2n) is 5.09. The van der Waals surface area contributed by atoms with Gasteiger partial charge in [0.15, 0.2) is 11.0 Å². The fourth-order valence-corrected chi connectivity index (χ4v) is 3.00. The molecule has 0 aliphatic carbocycles. The number of hydrogen-bond acceptors (Lipinski definition) is 5. The van der Waals surface area contributed by atoms with Crippen molar-refractivity contribution in [2.75, 3.05) is 5.75 Å². The first-order valence-corrected chi connectivity index (χ1v) is 8.13. The summed E-state index contributed by atoms with van der Waals surface area (Å²) in [5.74, 6) is 1.00. The Balaban J connectivity index is 2.19. The molecule has 5 nitrogen and oxygen atoms in total. The van der Waals surface area contributed by atoms with Gasteiger partial charge in [0.05, 0.1) is 17.5 Å². The Morgan fingerprint density at radius 2 is 2.04 bits per heavy atom. The van der Waals surface area contributed by atoms with E-state index in [0.717, 1.165) is 16.9 Å². The Morgan fingerprint density at radius 1 is 1.17 bits per heavy atom. The number of hydrogen-bond donors (Lipinski definition) is 0. The van der Waals surface area contributed by atoms with Gasteiger partial charge in [-0.25, -0.2) is 0 Å². The quantitative estimate of drug-likeness (QED) is 0.687. The van der Waals surface area contributed by atoms with Crippen molar-refractivity contribution in [3.05, 3.63) is 53.7 Å². The predicted octanol–water partition coefficient (Wildman–Crippen LogP) is 3.56. The van der Waals surface area contributed by atoms with Gasteiger partial charge >= 0.3 is 0 Å². The Morgan fingerprint density at radius 3 is 2.74 bits per heavy atom.